The van der Waals surface area contributed by atoms with Gasteiger partial charge in [-0.3, -0.25) is 0 Å². The summed E-state index contributed by atoms with van der Waals surface area (Å²) in [6.07, 6.45) is 2.35. The number of anilines is 1. The molecular formula is C16H18FN3S. The molecule has 0 aliphatic heterocycles. The second-order valence-corrected chi connectivity index (χ2v) is 6.28. The summed E-state index contributed by atoms with van der Waals surface area (Å²) in [7, 11) is 0. The van der Waals surface area contributed by atoms with Crippen LogP contribution in [-0.2, 0) is 0 Å². The quantitative estimate of drug-likeness (QED) is 0.832. The second-order valence-electron chi connectivity index (χ2n) is 5.22. The molecule has 0 amide bonds. The van der Waals surface area contributed by atoms with Gasteiger partial charge in [0.05, 0.1) is 0 Å². The lowest BCUT2D eigenvalue weighted by Gasteiger charge is -2.12. The highest BCUT2D eigenvalue weighted by Gasteiger charge is 2.28. The normalized spacial score (nSPS) is 14.2. The smallest absolute Gasteiger partial charge is 0.135 e. The average Bonchev–Trinajstić information content (AvgIpc) is 3.30. The number of benzene rings is 1. The van der Waals surface area contributed by atoms with E-state index in [1.54, 1.807) is 23.9 Å². The Balaban J connectivity index is 1.93. The number of nitrogens with zero attached hydrogens (tertiary/aromatic N) is 2. The Morgan fingerprint density at radius 1 is 1.24 bits per heavy atom. The molecule has 1 heterocycles. The van der Waals surface area contributed by atoms with Crippen LogP contribution in [0.5, 0.6) is 0 Å². The molecule has 0 saturated heterocycles. The van der Waals surface area contributed by atoms with Gasteiger partial charge in [-0.1, -0.05) is 11.8 Å². The first-order chi connectivity index (χ1) is 10.2. The highest BCUT2D eigenvalue weighted by atomic mass is 32.2. The fourth-order valence-corrected chi connectivity index (χ4v) is 2.97. The van der Waals surface area contributed by atoms with E-state index in [0.29, 0.717) is 5.92 Å². The van der Waals surface area contributed by atoms with E-state index in [-0.39, 0.29) is 5.82 Å². The van der Waals surface area contributed by atoms with Gasteiger partial charge in [-0.2, -0.15) is 0 Å². The molecule has 1 aromatic heterocycles. The van der Waals surface area contributed by atoms with Gasteiger partial charge in [0, 0.05) is 22.9 Å². The maximum Gasteiger partial charge on any atom is 0.135 e. The van der Waals surface area contributed by atoms with Crippen LogP contribution in [0.2, 0.25) is 0 Å². The lowest BCUT2D eigenvalue weighted by atomic mass is 10.3. The van der Waals surface area contributed by atoms with Crippen molar-refractivity contribution in [1.82, 2.24) is 9.97 Å². The zero-order valence-corrected chi connectivity index (χ0v) is 13.0. The first-order valence-electron chi connectivity index (χ1n) is 7.23. The molecule has 0 radical (unpaired) electrons. The van der Waals surface area contributed by atoms with Gasteiger partial charge in [0.15, 0.2) is 0 Å². The first kappa shape index (κ1) is 14.3. The summed E-state index contributed by atoms with van der Waals surface area (Å²) >= 11 is 1.56. The molecule has 110 valence electrons. The van der Waals surface area contributed by atoms with E-state index in [2.05, 4.69) is 17.2 Å². The van der Waals surface area contributed by atoms with Crippen LogP contribution < -0.4 is 5.32 Å². The van der Waals surface area contributed by atoms with Gasteiger partial charge in [0.2, 0.25) is 0 Å². The van der Waals surface area contributed by atoms with Crippen molar-refractivity contribution < 1.29 is 4.39 Å². The van der Waals surface area contributed by atoms with Crippen molar-refractivity contribution in [2.45, 2.75) is 42.5 Å². The molecule has 0 bridgehead atoms. The van der Waals surface area contributed by atoms with Gasteiger partial charge in [-0.25, -0.2) is 14.4 Å². The molecule has 1 fully saturated rings. The largest absolute Gasteiger partial charge is 0.370 e. The van der Waals surface area contributed by atoms with Crippen LogP contribution in [0.4, 0.5) is 10.2 Å². The van der Waals surface area contributed by atoms with Crippen LogP contribution in [0.1, 0.15) is 37.1 Å². The molecule has 2 aromatic rings. The molecule has 1 aliphatic rings. The zero-order valence-electron chi connectivity index (χ0n) is 12.2. The summed E-state index contributed by atoms with van der Waals surface area (Å²) in [6, 6.07) is 6.52. The van der Waals surface area contributed by atoms with E-state index < -0.39 is 0 Å². The number of nitrogens with one attached hydrogen (secondary N) is 1. The molecule has 1 aliphatic carbocycles. The van der Waals surface area contributed by atoms with Crippen molar-refractivity contribution in [1.29, 1.82) is 0 Å². The fourth-order valence-electron chi connectivity index (χ4n) is 2.09. The van der Waals surface area contributed by atoms with E-state index in [1.165, 1.54) is 25.0 Å². The summed E-state index contributed by atoms with van der Waals surface area (Å²) in [4.78, 5) is 10.3. The minimum atomic E-state index is -0.217. The minimum absolute atomic E-state index is 0.217. The highest BCUT2D eigenvalue weighted by molar-refractivity contribution is 7.99. The third-order valence-electron chi connectivity index (χ3n) is 3.43. The molecule has 0 unspecified atom stereocenters. The van der Waals surface area contributed by atoms with Gasteiger partial charge in [0.1, 0.15) is 22.5 Å². The minimum Gasteiger partial charge on any atom is -0.370 e. The van der Waals surface area contributed by atoms with Crippen LogP contribution in [0.25, 0.3) is 0 Å². The van der Waals surface area contributed by atoms with E-state index in [0.717, 1.165) is 33.7 Å². The van der Waals surface area contributed by atoms with Crippen LogP contribution in [0.3, 0.4) is 0 Å². The van der Waals surface area contributed by atoms with Crippen molar-refractivity contribution in [3.05, 3.63) is 41.5 Å². The molecule has 1 aromatic carbocycles. The van der Waals surface area contributed by atoms with E-state index in [4.69, 9.17) is 4.98 Å². The number of rotatable bonds is 5. The maximum atomic E-state index is 13.0. The van der Waals surface area contributed by atoms with E-state index in [9.17, 15) is 4.39 Å². The second kappa shape index (κ2) is 6.02. The molecule has 21 heavy (non-hydrogen) atoms. The molecular weight excluding hydrogens is 285 g/mol. The predicted molar refractivity (Wildman–Crippen MR) is 83.4 cm³/mol. The van der Waals surface area contributed by atoms with Crippen LogP contribution >= 0.6 is 11.8 Å². The predicted octanol–water partition coefficient (Wildman–Crippen LogP) is 4.38. The number of aromatic nitrogens is 2. The molecule has 5 heteroatoms. The summed E-state index contributed by atoms with van der Waals surface area (Å²) in [6.45, 7) is 4.92. The Morgan fingerprint density at radius 3 is 2.57 bits per heavy atom. The third-order valence-corrected chi connectivity index (χ3v) is 4.53. The molecule has 1 saturated carbocycles. The molecule has 0 spiro atoms. The summed E-state index contributed by atoms with van der Waals surface area (Å²) in [5.41, 5.74) is 1.05. The van der Waals surface area contributed by atoms with Crippen molar-refractivity contribution in [3.8, 4) is 0 Å². The summed E-state index contributed by atoms with van der Waals surface area (Å²) < 4.78 is 13.0. The monoisotopic (exact) mass is 303 g/mol. The van der Waals surface area contributed by atoms with Crippen LogP contribution in [0.15, 0.2) is 34.2 Å². The average molecular weight is 303 g/mol. The van der Waals surface area contributed by atoms with E-state index in [1.807, 2.05) is 6.92 Å². The van der Waals surface area contributed by atoms with Crippen LogP contribution in [-0.4, -0.2) is 16.5 Å². The molecule has 3 rings (SSSR count). The third kappa shape index (κ3) is 3.35. The van der Waals surface area contributed by atoms with Crippen molar-refractivity contribution >= 4 is 17.6 Å². The lowest BCUT2D eigenvalue weighted by Crippen LogP contribution is -2.07. The SMILES string of the molecule is CCNc1nc(C2CC2)nc(Sc2ccc(F)cc2)c1C. The maximum absolute atomic E-state index is 13.0. The molecule has 3 nitrogen and oxygen atoms in total. The van der Waals surface area contributed by atoms with Gasteiger partial charge in [0.25, 0.3) is 0 Å². The van der Waals surface area contributed by atoms with E-state index >= 15 is 0 Å². The summed E-state index contributed by atoms with van der Waals surface area (Å²) in [5, 5.41) is 4.26. The number of halogens is 1. The van der Waals surface area contributed by atoms with Gasteiger partial charge in [-0.15, -0.1) is 0 Å². The fraction of sp³-hybridized carbons (Fsp3) is 0.375. The zero-order chi connectivity index (χ0) is 14.8. The van der Waals surface area contributed by atoms with Crippen molar-refractivity contribution in [3.63, 3.8) is 0 Å². The Kier molecular flexibility index (Phi) is 4.10. The number of hydrogen-bond donors (Lipinski definition) is 1. The van der Waals surface area contributed by atoms with Gasteiger partial charge in [-0.05, 0) is 51.0 Å². The standard InChI is InChI=1S/C16H18FN3S/c1-3-18-14-10(2)16(20-15(19-14)11-4-5-11)21-13-8-6-12(17)7-9-13/h6-9,11H,3-5H2,1-2H3,(H,18,19,20). The van der Waals surface area contributed by atoms with Gasteiger partial charge >= 0.3 is 0 Å². The lowest BCUT2D eigenvalue weighted by molar-refractivity contribution is 0.626. The first-order valence-corrected chi connectivity index (χ1v) is 8.05. The summed E-state index contributed by atoms with van der Waals surface area (Å²) in [5.74, 6) is 2.14. The van der Waals surface area contributed by atoms with Crippen molar-refractivity contribution in [2.75, 3.05) is 11.9 Å². The Labute approximate surface area is 128 Å². The molecule has 1 N–H and O–H groups in total. The Hall–Kier alpha value is -1.62. The van der Waals surface area contributed by atoms with Crippen molar-refractivity contribution in [2.24, 2.45) is 0 Å². The molecule has 0 atom stereocenters. The highest BCUT2D eigenvalue weighted by Crippen LogP contribution is 2.40. The Morgan fingerprint density at radius 2 is 1.95 bits per heavy atom. The topological polar surface area (TPSA) is 37.8 Å². The Bertz CT molecular complexity index is 639. The van der Waals surface area contributed by atoms with Crippen LogP contribution in [0, 0.1) is 12.7 Å². The van der Waals surface area contributed by atoms with Gasteiger partial charge < -0.3 is 5.32 Å². The number of hydrogen-bond acceptors (Lipinski definition) is 4.